The second-order valence-electron chi connectivity index (χ2n) is 6.22. The van der Waals surface area contributed by atoms with E-state index >= 15 is 0 Å². The number of ketones is 4. The summed E-state index contributed by atoms with van der Waals surface area (Å²) in [6.45, 7) is 10.8. The Bertz CT molecular complexity index is 682. The van der Waals surface area contributed by atoms with Crippen LogP contribution in [0, 0.1) is 20.5 Å². The van der Waals surface area contributed by atoms with E-state index in [0.717, 1.165) is 24.3 Å². The zero-order valence-electron chi connectivity index (χ0n) is 25.7. The number of hydrogen-bond donors (Lipinski definition) is 0. The molecule has 0 aromatic rings. The molecule has 278 valence electrons. The van der Waals surface area contributed by atoms with Gasteiger partial charge >= 0.3 is 34.7 Å². The number of hydrogen-bond acceptors (Lipinski definition) is 16. The van der Waals surface area contributed by atoms with E-state index < -0.39 is 20.5 Å². The molecule has 0 aliphatic carbocycles. The Labute approximate surface area is 290 Å². The van der Waals surface area contributed by atoms with Crippen LogP contribution in [-0.4, -0.2) is 34.1 Å². The van der Waals surface area contributed by atoms with Crippen molar-refractivity contribution in [3.63, 3.8) is 0 Å². The van der Waals surface area contributed by atoms with Crippen molar-refractivity contribution in [3.8, 4) is 0 Å². The summed E-state index contributed by atoms with van der Waals surface area (Å²) in [7, 11) is -9.89. The van der Waals surface area contributed by atoms with Crippen molar-refractivity contribution in [2.75, 3.05) is 0 Å². The van der Waals surface area contributed by atoms with E-state index in [9.17, 15) is 39.6 Å². The summed E-state index contributed by atoms with van der Waals surface area (Å²) in [6.07, 6.45) is 4.22. The summed E-state index contributed by atoms with van der Waals surface area (Å²) < 4.78 is 67.9. The number of rotatable bonds is 4. The fourth-order valence-corrected chi connectivity index (χ4v) is 1.14. The number of carbonyl (C=O) groups excluding carboxylic acids is 4. The molecule has 0 aromatic heterocycles. The Kier molecular flexibility index (Phi) is 103. The molecule has 0 aliphatic rings. The summed E-state index contributed by atoms with van der Waals surface area (Å²) in [6, 6.07) is 0. The van der Waals surface area contributed by atoms with Crippen molar-refractivity contribution < 1.29 is 165 Å². The normalized spacial score (nSPS) is 9.57. The minimum absolute atomic E-state index is 0. The van der Waals surface area contributed by atoms with Gasteiger partial charge in [-0.15, -0.1) is 43.5 Å². The van der Waals surface area contributed by atoms with Gasteiger partial charge in [0, 0.05) is 0 Å². The third-order valence-electron chi connectivity index (χ3n) is 1.63. The smallest absolute Gasteiger partial charge is 0.876 e. The molecule has 0 bridgehead atoms. The molecule has 0 unspecified atom stereocenters. The van der Waals surface area contributed by atoms with E-state index in [1.807, 2.05) is 0 Å². The van der Waals surface area contributed by atoms with Gasteiger partial charge in [0.05, 0.1) is 0 Å². The van der Waals surface area contributed by atoms with Gasteiger partial charge in [0.25, 0.3) is 0 Å². The molecule has 0 aromatic carbocycles. The van der Waals surface area contributed by atoms with Crippen LogP contribution in [0.5, 0.6) is 0 Å². The second kappa shape index (κ2) is 52.5. The Morgan fingerprint density at radius 3 is 0.435 bits per heavy atom. The summed E-state index contributed by atoms with van der Waals surface area (Å²) >= 11 is 0. The van der Waals surface area contributed by atoms with Crippen molar-refractivity contribution in [1.29, 1.82) is 0 Å². The molecule has 0 spiro atoms. The van der Waals surface area contributed by atoms with E-state index in [-0.39, 0.29) is 114 Å². The van der Waals surface area contributed by atoms with Crippen molar-refractivity contribution in [1.82, 2.24) is 0 Å². The maximum absolute atomic E-state index is 9.98. The molecule has 0 saturated heterocycles. The molecule has 0 rings (SSSR count). The molecular weight excluding hydrogens is 767 g/mol. The second-order valence-corrected chi connectivity index (χ2v) is 7.73. The van der Waals surface area contributed by atoms with Gasteiger partial charge in [-0.25, -0.2) is 37.3 Å². The van der Waals surface area contributed by atoms with Crippen molar-refractivity contribution in [2.24, 2.45) is 0 Å². The van der Waals surface area contributed by atoms with E-state index in [0.29, 0.717) is 0 Å². The van der Waals surface area contributed by atoms with Gasteiger partial charge in [0.15, 0.2) is 23.1 Å². The van der Waals surface area contributed by atoms with Crippen molar-refractivity contribution >= 4 is 23.1 Å². The van der Waals surface area contributed by atoms with E-state index in [4.69, 9.17) is 37.3 Å². The quantitative estimate of drug-likeness (QED) is 0.144. The molecule has 0 aliphatic heterocycles. The van der Waals surface area contributed by atoms with E-state index in [1.54, 1.807) is 0 Å². The Hall–Kier alpha value is -2.08. The fourth-order valence-electron chi connectivity index (χ4n) is 1.14. The van der Waals surface area contributed by atoms with Crippen LogP contribution in [0.2, 0.25) is 0 Å². The van der Waals surface area contributed by atoms with Gasteiger partial charge in [-0.05, 0) is 52.0 Å². The molecule has 46 heavy (non-hydrogen) atoms. The first-order chi connectivity index (χ1) is 16.5. The van der Waals surface area contributed by atoms with Gasteiger partial charge in [0.1, 0.15) is 0 Å². The van der Waals surface area contributed by atoms with Crippen LogP contribution in [0.15, 0.2) is 47.3 Å². The molecule has 26 heteroatoms. The molecular formula is C20H44Cl2Cr2O22+4. The molecule has 0 saturated carbocycles. The minimum Gasteiger partial charge on any atom is -0.876 e. The topological polar surface area (TPSA) is 540 Å². The van der Waals surface area contributed by atoms with Crippen LogP contribution in [-0.2, 0) is 75.8 Å². The van der Waals surface area contributed by atoms with Crippen molar-refractivity contribution in [3.05, 3.63) is 47.3 Å². The molecule has 0 heterocycles. The zero-order chi connectivity index (χ0) is 32.4. The first kappa shape index (κ1) is 90.4. The number of halogens is 2. The maximum atomic E-state index is 9.98. The Morgan fingerprint density at radius 2 is 0.435 bits per heavy atom. The largest absolute Gasteiger partial charge is 3.00 e. The number of allylic oxidation sites excluding steroid dienone is 8. The average molecular weight is 811 g/mol. The van der Waals surface area contributed by atoms with E-state index in [1.165, 1.54) is 55.4 Å². The van der Waals surface area contributed by atoms with Gasteiger partial charge < -0.3 is 53.3 Å². The Morgan fingerprint density at radius 1 is 0.370 bits per heavy atom. The van der Waals surface area contributed by atoms with Gasteiger partial charge in [-0.1, -0.05) is 27.7 Å². The third-order valence-corrected chi connectivity index (χ3v) is 1.63. The van der Waals surface area contributed by atoms with Crippen LogP contribution in [0.1, 0.15) is 55.4 Å². The predicted molar refractivity (Wildman–Crippen MR) is 124 cm³/mol. The zero-order valence-corrected chi connectivity index (χ0v) is 29.8. The maximum Gasteiger partial charge on any atom is 3.00 e. The SMILES string of the molecule is CC(=O)/C=C(/C)[O-].CC(=O)/C=C(/C)[O-].CC(=O)/C=C(/C)[O-].CC(=O)/C=C(/C)[O-].O.O.[Cr+3].[Cr+3].[O-][Cl+3]([O-])([O-])[O-].[O-][Cl+3]([O-])([O-])[O-].[OH3+].[OH3+].[OH3+].[OH3+]. The summed E-state index contributed by atoms with van der Waals surface area (Å²) in [5.41, 5.74) is 0. The van der Waals surface area contributed by atoms with Crippen LogP contribution in [0.3, 0.4) is 0 Å². The van der Waals surface area contributed by atoms with Crippen LogP contribution in [0.4, 0.5) is 0 Å². The third kappa shape index (κ3) is 362. The van der Waals surface area contributed by atoms with E-state index in [2.05, 4.69) is 0 Å². The van der Waals surface area contributed by atoms with Gasteiger partial charge in [0.2, 0.25) is 0 Å². The van der Waals surface area contributed by atoms with Crippen LogP contribution >= 0.6 is 0 Å². The standard InChI is InChI=1S/4C5H8O2.2ClHO4.2Cr.6H2O/c4*1-4(6)3-5(2)7;2*2-1(3,4)5;;;;;;;;/h4*3,6H,1-2H3;2*(H,2,3,4,5);;;6*1H2/q;;;;;;2*+3;;;;;;/p-2/b4*4-3-;;;;;;;;;;. The summed E-state index contributed by atoms with van der Waals surface area (Å²) in [4.78, 5) is 39.9. The first-order valence-corrected chi connectivity index (χ1v) is 11.6. The monoisotopic (exact) mass is 810 g/mol. The molecule has 22 nitrogen and oxygen atoms in total. The van der Waals surface area contributed by atoms with Gasteiger partial charge in [-0.2, -0.15) is 0 Å². The van der Waals surface area contributed by atoms with Crippen LogP contribution in [0.25, 0.3) is 0 Å². The van der Waals surface area contributed by atoms with Crippen LogP contribution < -0.4 is 57.7 Å². The molecule has 0 amide bonds. The fraction of sp³-hybridized carbons (Fsp3) is 0.400. The summed E-state index contributed by atoms with van der Waals surface area (Å²) in [5.74, 6) is -1.50. The van der Waals surface area contributed by atoms with Crippen molar-refractivity contribution in [2.45, 2.75) is 55.4 Å². The first-order valence-electron chi connectivity index (χ1n) is 9.18. The molecule has 0 atom stereocenters. The predicted octanol–water partition coefficient (Wildman–Crippen LogP) is -15.5. The van der Waals surface area contributed by atoms with Gasteiger partial charge in [-0.3, -0.25) is 19.2 Å². The minimum atomic E-state index is -4.94. The summed E-state index contributed by atoms with van der Waals surface area (Å²) in [5, 5.41) is 39.9. The molecule has 16 N–H and O–H groups in total. The average Bonchev–Trinajstić information content (AvgIpc) is 2.47. The molecule has 2 radical (unpaired) electrons. The molecule has 0 fully saturated rings. The Balaban J connectivity index is -0.0000000216. The number of carbonyl (C=O) groups is 4.